The van der Waals surface area contributed by atoms with Crippen molar-refractivity contribution < 1.29 is 0 Å². The standard InChI is InChI=1S/C10H14N2S/c1-7-3-2-4-8(5-7)9(6-11)10(12)13/h7H,2-5H2,1H3,(H2,12,13)/b9-8+/t7-/m0/s1. The summed E-state index contributed by atoms with van der Waals surface area (Å²) in [4.78, 5) is 0.256. The Morgan fingerprint density at radius 1 is 1.69 bits per heavy atom. The van der Waals surface area contributed by atoms with Crippen LogP contribution in [0.1, 0.15) is 32.6 Å². The summed E-state index contributed by atoms with van der Waals surface area (Å²) in [6.07, 6.45) is 4.38. The first-order valence-corrected chi connectivity index (χ1v) is 4.98. The molecule has 0 unspecified atom stereocenters. The molecule has 0 aromatic rings. The van der Waals surface area contributed by atoms with Crippen LogP contribution in [0.15, 0.2) is 11.1 Å². The van der Waals surface area contributed by atoms with Crippen molar-refractivity contribution in [3.05, 3.63) is 11.1 Å². The molecule has 1 aliphatic rings. The molecule has 0 bridgehead atoms. The molecule has 1 fully saturated rings. The molecule has 0 spiro atoms. The van der Waals surface area contributed by atoms with Crippen molar-refractivity contribution in [3.8, 4) is 6.07 Å². The Morgan fingerprint density at radius 2 is 2.38 bits per heavy atom. The lowest BCUT2D eigenvalue weighted by Gasteiger charge is -2.21. The maximum absolute atomic E-state index is 8.86. The van der Waals surface area contributed by atoms with E-state index in [0.717, 1.165) is 24.8 Å². The van der Waals surface area contributed by atoms with Gasteiger partial charge in [-0.15, -0.1) is 0 Å². The topological polar surface area (TPSA) is 49.8 Å². The van der Waals surface area contributed by atoms with Crippen LogP contribution in [0.25, 0.3) is 0 Å². The van der Waals surface area contributed by atoms with E-state index < -0.39 is 0 Å². The lowest BCUT2D eigenvalue weighted by molar-refractivity contribution is 0.452. The molecular formula is C10H14N2S. The van der Waals surface area contributed by atoms with Gasteiger partial charge in [0.25, 0.3) is 0 Å². The minimum Gasteiger partial charge on any atom is -0.389 e. The third kappa shape index (κ3) is 2.53. The Morgan fingerprint density at radius 3 is 2.85 bits per heavy atom. The van der Waals surface area contributed by atoms with Gasteiger partial charge in [0, 0.05) is 0 Å². The largest absolute Gasteiger partial charge is 0.389 e. The summed E-state index contributed by atoms with van der Waals surface area (Å²) in [6.45, 7) is 2.20. The van der Waals surface area contributed by atoms with Crippen molar-refractivity contribution in [1.82, 2.24) is 0 Å². The van der Waals surface area contributed by atoms with Crippen molar-refractivity contribution in [2.75, 3.05) is 0 Å². The van der Waals surface area contributed by atoms with Gasteiger partial charge in [0.1, 0.15) is 11.1 Å². The van der Waals surface area contributed by atoms with Gasteiger partial charge in [-0.3, -0.25) is 0 Å². The van der Waals surface area contributed by atoms with Crippen molar-refractivity contribution >= 4 is 17.2 Å². The molecule has 0 amide bonds. The number of hydrogen-bond acceptors (Lipinski definition) is 2. The smallest absolute Gasteiger partial charge is 0.114 e. The van der Waals surface area contributed by atoms with Crippen LogP contribution >= 0.6 is 12.2 Å². The molecule has 1 aliphatic carbocycles. The Bertz CT molecular complexity index is 286. The zero-order chi connectivity index (χ0) is 9.84. The van der Waals surface area contributed by atoms with Gasteiger partial charge in [-0.2, -0.15) is 5.26 Å². The fraction of sp³-hybridized carbons (Fsp3) is 0.600. The fourth-order valence-electron chi connectivity index (χ4n) is 1.82. The van der Waals surface area contributed by atoms with Crippen LogP contribution in [-0.2, 0) is 0 Å². The zero-order valence-corrected chi connectivity index (χ0v) is 8.66. The summed E-state index contributed by atoms with van der Waals surface area (Å²) < 4.78 is 0. The minimum absolute atomic E-state index is 0.256. The molecule has 70 valence electrons. The number of nitrogens with zero attached hydrogens (tertiary/aromatic N) is 1. The average Bonchev–Trinajstić information content (AvgIpc) is 2.04. The highest BCUT2D eigenvalue weighted by Gasteiger charge is 2.17. The van der Waals surface area contributed by atoms with E-state index in [1.807, 2.05) is 0 Å². The Kier molecular flexibility index (Phi) is 3.44. The number of nitrogens with two attached hydrogens (primary N) is 1. The second-order valence-electron chi connectivity index (χ2n) is 3.66. The van der Waals surface area contributed by atoms with Crippen molar-refractivity contribution in [2.45, 2.75) is 32.6 Å². The van der Waals surface area contributed by atoms with Gasteiger partial charge < -0.3 is 5.73 Å². The summed E-state index contributed by atoms with van der Waals surface area (Å²) in [7, 11) is 0. The monoisotopic (exact) mass is 194 g/mol. The van der Waals surface area contributed by atoms with E-state index in [4.69, 9.17) is 23.2 Å². The molecule has 0 aromatic heterocycles. The molecule has 1 saturated carbocycles. The highest BCUT2D eigenvalue weighted by Crippen LogP contribution is 2.29. The molecule has 0 heterocycles. The van der Waals surface area contributed by atoms with Crippen LogP contribution in [0.2, 0.25) is 0 Å². The molecule has 1 rings (SSSR count). The van der Waals surface area contributed by atoms with Crippen molar-refractivity contribution in [1.29, 1.82) is 5.26 Å². The van der Waals surface area contributed by atoms with E-state index in [9.17, 15) is 0 Å². The van der Waals surface area contributed by atoms with Crippen LogP contribution in [0, 0.1) is 17.2 Å². The van der Waals surface area contributed by atoms with E-state index in [-0.39, 0.29) is 4.99 Å². The van der Waals surface area contributed by atoms with Crippen LogP contribution in [0.5, 0.6) is 0 Å². The Labute approximate surface area is 84.4 Å². The summed E-state index contributed by atoms with van der Waals surface area (Å²) >= 11 is 4.83. The fourth-order valence-corrected chi connectivity index (χ4v) is 2.01. The summed E-state index contributed by atoms with van der Waals surface area (Å²) in [6, 6.07) is 2.11. The SMILES string of the molecule is C[C@H]1CCC/C(=C(/C#N)C(N)=S)C1. The summed E-state index contributed by atoms with van der Waals surface area (Å²) in [5.41, 5.74) is 7.19. The molecule has 0 aliphatic heterocycles. The second-order valence-corrected chi connectivity index (χ2v) is 4.10. The van der Waals surface area contributed by atoms with Gasteiger partial charge in [0.05, 0.1) is 5.57 Å². The first-order chi connectivity index (χ1) is 6.15. The molecule has 3 heteroatoms. The van der Waals surface area contributed by atoms with Crippen LogP contribution in [-0.4, -0.2) is 4.99 Å². The lowest BCUT2D eigenvalue weighted by atomic mass is 9.84. The third-order valence-electron chi connectivity index (χ3n) is 2.48. The van der Waals surface area contributed by atoms with Gasteiger partial charge in [-0.05, 0) is 30.8 Å². The van der Waals surface area contributed by atoms with Crippen molar-refractivity contribution in [2.24, 2.45) is 11.7 Å². The van der Waals surface area contributed by atoms with E-state index in [0.29, 0.717) is 11.5 Å². The average molecular weight is 194 g/mol. The molecule has 13 heavy (non-hydrogen) atoms. The van der Waals surface area contributed by atoms with Gasteiger partial charge >= 0.3 is 0 Å². The van der Waals surface area contributed by atoms with E-state index >= 15 is 0 Å². The lowest BCUT2D eigenvalue weighted by Crippen LogP contribution is -2.15. The van der Waals surface area contributed by atoms with Crippen LogP contribution < -0.4 is 5.73 Å². The molecule has 0 saturated heterocycles. The van der Waals surface area contributed by atoms with Crippen LogP contribution in [0.3, 0.4) is 0 Å². The highest BCUT2D eigenvalue weighted by atomic mass is 32.1. The Balaban J connectivity index is 2.88. The number of rotatable bonds is 1. The number of hydrogen-bond donors (Lipinski definition) is 1. The minimum atomic E-state index is 0.256. The van der Waals surface area contributed by atoms with E-state index in [2.05, 4.69) is 13.0 Å². The van der Waals surface area contributed by atoms with E-state index in [1.165, 1.54) is 6.42 Å². The predicted octanol–water partition coefficient (Wildman–Crippen LogP) is 2.30. The van der Waals surface area contributed by atoms with Crippen LogP contribution in [0.4, 0.5) is 0 Å². The first kappa shape index (κ1) is 10.2. The number of nitriles is 1. The number of thiocarbonyl (C=S) groups is 1. The third-order valence-corrected chi connectivity index (χ3v) is 2.69. The maximum Gasteiger partial charge on any atom is 0.114 e. The molecule has 2 nitrogen and oxygen atoms in total. The highest BCUT2D eigenvalue weighted by molar-refractivity contribution is 7.80. The molecular weight excluding hydrogens is 180 g/mol. The quantitative estimate of drug-likeness (QED) is 0.396. The van der Waals surface area contributed by atoms with Gasteiger partial charge in [-0.25, -0.2) is 0 Å². The molecule has 2 N–H and O–H groups in total. The summed E-state index contributed by atoms with van der Waals surface area (Å²) in [5.74, 6) is 0.668. The first-order valence-electron chi connectivity index (χ1n) is 4.57. The zero-order valence-electron chi connectivity index (χ0n) is 7.84. The van der Waals surface area contributed by atoms with Gasteiger partial charge in [-0.1, -0.05) is 25.6 Å². The van der Waals surface area contributed by atoms with Gasteiger partial charge in [0.2, 0.25) is 0 Å². The second kappa shape index (κ2) is 4.38. The maximum atomic E-state index is 8.86. The predicted molar refractivity (Wildman–Crippen MR) is 57.1 cm³/mol. The van der Waals surface area contributed by atoms with Crippen molar-refractivity contribution in [3.63, 3.8) is 0 Å². The number of allylic oxidation sites excluding steroid dienone is 1. The molecule has 0 aromatic carbocycles. The molecule has 0 radical (unpaired) electrons. The normalized spacial score (nSPS) is 26.3. The van der Waals surface area contributed by atoms with E-state index in [1.54, 1.807) is 0 Å². The summed E-state index contributed by atoms with van der Waals surface area (Å²) in [5, 5.41) is 8.86. The Hall–Kier alpha value is -0.880. The molecule has 1 atom stereocenters. The van der Waals surface area contributed by atoms with Gasteiger partial charge in [0.15, 0.2) is 0 Å².